The van der Waals surface area contributed by atoms with Gasteiger partial charge in [-0.25, -0.2) is 4.98 Å². The minimum Gasteiger partial charge on any atom is -0.391 e. The van der Waals surface area contributed by atoms with Crippen LogP contribution in [0.4, 0.5) is 0 Å². The second kappa shape index (κ2) is 10.4. The van der Waals surface area contributed by atoms with Crippen molar-refractivity contribution >= 4 is 23.0 Å². The molecular weight excluding hydrogens is 462 g/mol. The van der Waals surface area contributed by atoms with Crippen molar-refractivity contribution in [3.63, 3.8) is 0 Å². The van der Waals surface area contributed by atoms with Gasteiger partial charge >= 0.3 is 0 Å². The van der Waals surface area contributed by atoms with E-state index in [1.807, 2.05) is 40.1 Å². The van der Waals surface area contributed by atoms with Crippen LogP contribution in [-0.2, 0) is 9.59 Å². The van der Waals surface area contributed by atoms with Crippen molar-refractivity contribution in [1.29, 1.82) is 0 Å². The molecule has 1 aromatic carbocycles. The quantitative estimate of drug-likeness (QED) is 0.478. The average Bonchev–Trinajstić information content (AvgIpc) is 3.53. The van der Waals surface area contributed by atoms with Crippen LogP contribution in [0.25, 0.3) is 10.4 Å². The summed E-state index contributed by atoms with van der Waals surface area (Å²) in [6.07, 6.45) is -0.149. The fourth-order valence-corrected chi connectivity index (χ4v) is 5.72. The molecule has 0 saturated carbocycles. The van der Waals surface area contributed by atoms with Crippen LogP contribution in [0, 0.1) is 19.8 Å². The number of rotatable bonds is 8. The third-order valence-electron chi connectivity index (χ3n) is 6.81. The number of aliphatic hydroxyl groups excluding tert-OH is 1. The summed E-state index contributed by atoms with van der Waals surface area (Å²) in [6.45, 7) is 9.89. The van der Waals surface area contributed by atoms with Gasteiger partial charge in [0, 0.05) is 25.5 Å². The average molecular weight is 496 g/mol. The molecular formula is C27H33N3O4S. The molecule has 35 heavy (non-hydrogen) atoms. The van der Waals surface area contributed by atoms with Crippen LogP contribution in [0.15, 0.2) is 40.4 Å². The zero-order valence-corrected chi connectivity index (χ0v) is 21.7. The predicted molar refractivity (Wildman–Crippen MR) is 135 cm³/mol. The Hall–Kier alpha value is -2.84. The normalized spacial score (nSPS) is 19.8. The summed E-state index contributed by atoms with van der Waals surface area (Å²) in [7, 11) is 0. The zero-order valence-electron chi connectivity index (χ0n) is 20.9. The highest BCUT2D eigenvalue weighted by atomic mass is 32.1. The van der Waals surface area contributed by atoms with Crippen LogP contribution in [0.1, 0.15) is 68.2 Å². The highest BCUT2D eigenvalue weighted by molar-refractivity contribution is 7.13. The first kappa shape index (κ1) is 25.3. The van der Waals surface area contributed by atoms with Crippen LogP contribution >= 0.6 is 11.3 Å². The third kappa shape index (κ3) is 5.38. The third-order valence-corrected chi connectivity index (χ3v) is 7.79. The van der Waals surface area contributed by atoms with Gasteiger partial charge in [-0.1, -0.05) is 50.2 Å². The fraction of sp³-hybridized carbons (Fsp3) is 0.481. The van der Waals surface area contributed by atoms with E-state index in [0.29, 0.717) is 17.9 Å². The van der Waals surface area contributed by atoms with Gasteiger partial charge < -0.3 is 14.5 Å². The number of aromatic nitrogens is 2. The molecule has 2 aromatic heterocycles. The first-order valence-electron chi connectivity index (χ1n) is 12.1. The number of aliphatic hydroxyl groups is 1. The fourth-order valence-electron chi connectivity index (χ4n) is 4.90. The number of hydrogen-bond donors (Lipinski definition) is 1. The number of benzene rings is 1. The highest BCUT2D eigenvalue weighted by Gasteiger charge is 2.43. The predicted octanol–water partition coefficient (Wildman–Crippen LogP) is 4.88. The Balaban J connectivity index is 1.47. The second-order valence-electron chi connectivity index (χ2n) is 9.95. The van der Waals surface area contributed by atoms with Gasteiger partial charge in [-0.3, -0.25) is 9.59 Å². The number of carbonyl (C=O) groups is 2. The lowest BCUT2D eigenvalue weighted by Gasteiger charge is -2.29. The molecule has 0 aliphatic carbocycles. The molecule has 1 aliphatic rings. The number of β-amino-alcohol motifs (C(OH)–C–C–N with tert-alkyl or cyclic N) is 1. The van der Waals surface area contributed by atoms with E-state index >= 15 is 0 Å². The first-order valence-corrected chi connectivity index (χ1v) is 13.0. The Bertz CT molecular complexity index is 1180. The Labute approximate surface area is 210 Å². The van der Waals surface area contributed by atoms with E-state index in [4.69, 9.17) is 4.52 Å². The second-order valence-corrected chi connectivity index (χ2v) is 10.8. The van der Waals surface area contributed by atoms with E-state index in [0.717, 1.165) is 21.7 Å². The number of aryl methyl sites for hydroxylation is 2. The summed E-state index contributed by atoms with van der Waals surface area (Å²) in [5.41, 5.74) is 5.74. The number of hydrogen-bond acceptors (Lipinski definition) is 7. The van der Waals surface area contributed by atoms with E-state index in [9.17, 15) is 14.7 Å². The Morgan fingerprint density at radius 2 is 1.91 bits per heavy atom. The van der Waals surface area contributed by atoms with Gasteiger partial charge in [0.25, 0.3) is 0 Å². The summed E-state index contributed by atoms with van der Waals surface area (Å²) in [5.74, 6) is -0.310. The number of carbonyl (C=O) groups excluding carboxylic acids is 2. The number of thiazole rings is 1. The number of likely N-dealkylation sites (tertiary alicyclic amines) is 1. The Morgan fingerprint density at radius 1 is 1.20 bits per heavy atom. The molecule has 0 spiro atoms. The van der Waals surface area contributed by atoms with Crippen LogP contribution in [0.3, 0.4) is 0 Å². The summed E-state index contributed by atoms with van der Waals surface area (Å²) in [4.78, 5) is 34.0. The van der Waals surface area contributed by atoms with Gasteiger partial charge in [0.1, 0.15) is 11.7 Å². The minimum atomic E-state index is -0.714. The Morgan fingerprint density at radius 3 is 2.49 bits per heavy atom. The van der Waals surface area contributed by atoms with Gasteiger partial charge in [0.05, 0.1) is 33.9 Å². The van der Waals surface area contributed by atoms with Gasteiger partial charge in [0.2, 0.25) is 5.91 Å². The van der Waals surface area contributed by atoms with Crippen molar-refractivity contribution in [3.05, 3.63) is 58.6 Å². The van der Waals surface area contributed by atoms with Crippen molar-refractivity contribution in [2.45, 2.75) is 71.4 Å². The van der Waals surface area contributed by atoms with Gasteiger partial charge in [-0.15, -0.1) is 11.3 Å². The number of amides is 1. The summed E-state index contributed by atoms with van der Waals surface area (Å²) < 4.78 is 5.41. The number of Topliss-reactive ketones (excluding diaryl/α,β-unsaturated/α-hetero) is 1. The topological polar surface area (TPSA) is 96.5 Å². The highest BCUT2D eigenvalue weighted by Crippen LogP contribution is 2.33. The molecule has 1 aliphatic heterocycles. The van der Waals surface area contributed by atoms with Crippen molar-refractivity contribution in [3.8, 4) is 10.4 Å². The largest absolute Gasteiger partial charge is 0.391 e. The van der Waals surface area contributed by atoms with Gasteiger partial charge in [0.15, 0.2) is 5.78 Å². The van der Waals surface area contributed by atoms with E-state index in [-0.39, 0.29) is 36.5 Å². The van der Waals surface area contributed by atoms with Gasteiger partial charge in [-0.05, 0) is 36.8 Å². The number of nitrogens with zero attached hydrogens (tertiary/aromatic N) is 3. The van der Waals surface area contributed by atoms with Crippen molar-refractivity contribution < 1.29 is 19.2 Å². The van der Waals surface area contributed by atoms with Crippen molar-refractivity contribution in [1.82, 2.24) is 15.0 Å². The van der Waals surface area contributed by atoms with E-state index in [1.165, 1.54) is 0 Å². The molecule has 4 atom stereocenters. The molecule has 1 amide bonds. The first-order chi connectivity index (χ1) is 16.7. The molecule has 1 fully saturated rings. The molecule has 1 N–H and O–H groups in total. The molecule has 3 heterocycles. The molecule has 2 unspecified atom stereocenters. The number of ketones is 1. The molecule has 1 saturated heterocycles. The molecule has 0 bridgehead atoms. The van der Waals surface area contributed by atoms with Crippen molar-refractivity contribution in [2.75, 3.05) is 6.54 Å². The maximum Gasteiger partial charge on any atom is 0.234 e. The van der Waals surface area contributed by atoms with E-state index in [2.05, 4.69) is 34.4 Å². The molecule has 4 rings (SSSR count). The smallest absolute Gasteiger partial charge is 0.234 e. The minimum absolute atomic E-state index is 0.00776. The van der Waals surface area contributed by atoms with Crippen LogP contribution in [0.5, 0.6) is 0 Å². The van der Waals surface area contributed by atoms with Crippen LogP contribution in [0.2, 0.25) is 0 Å². The van der Waals surface area contributed by atoms with Gasteiger partial charge in [-0.2, -0.15) is 0 Å². The lowest BCUT2D eigenvalue weighted by Crippen LogP contribution is -2.44. The van der Waals surface area contributed by atoms with E-state index in [1.54, 1.807) is 22.3 Å². The summed E-state index contributed by atoms with van der Waals surface area (Å²) in [6, 6.07) is 9.38. The maximum atomic E-state index is 13.6. The maximum absolute atomic E-state index is 13.6. The molecule has 8 heteroatoms. The SMILES string of the molecule is Cc1cc(C(C(=O)N2C[C@H](O)CC2C(=O)C[C@@H](C)c2ccc(-c3scnc3C)cc2)C(C)C)on1. The standard InChI is InChI=1S/C27H33N3O4S/c1-15(2)25(24-11-17(4)29-34-24)27(33)30-13-21(31)12-22(30)23(32)10-16(3)19-6-8-20(9-7-19)26-18(5)28-14-35-26/h6-9,11,14-16,21-22,25,31H,10,12-13H2,1-5H3/t16-,21-,22?,25?/m1/s1. The Kier molecular flexibility index (Phi) is 7.52. The molecule has 0 radical (unpaired) electrons. The summed E-state index contributed by atoms with van der Waals surface area (Å²) >= 11 is 1.61. The lowest BCUT2D eigenvalue weighted by atomic mass is 9.89. The molecule has 186 valence electrons. The zero-order chi connectivity index (χ0) is 25.3. The molecule has 3 aromatic rings. The van der Waals surface area contributed by atoms with Crippen LogP contribution in [-0.4, -0.2) is 50.5 Å². The van der Waals surface area contributed by atoms with E-state index < -0.39 is 18.1 Å². The summed E-state index contributed by atoms with van der Waals surface area (Å²) in [5, 5.41) is 14.3. The van der Waals surface area contributed by atoms with Crippen LogP contribution < -0.4 is 0 Å². The monoisotopic (exact) mass is 495 g/mol. The van der Waals surface area contributed by atoms with Crippen molar-refractivity contribution in [2.24, 2.45) is 5.92 Å². The lowest BCUT2D eigenvalue weighted by molar-refractivity contribution is -0.140. The molecule has 7 nitrogen and oxygen atoms in total.